The van der Waals surface area contributed by atoms with Gasteiger partial charge in [0.1, 0.15) is 11.4 Å². The minimum atomic E-state index is -0.628. The Hall–Kier alpha value is -2.80. The highest BCUT2D eigenvalue weighted by Crippen LogP contribution is 2.45. The third-order valence-corrected chi connectivity index (χ3v) is 4.56. The molecule has 0 radical (unpaired) electrons. The molecule has 156 valence electrons. The van der Waals surface area contributed by atoms with E-state index in [0.717, 1.165) is 16.3 Å². The number of carbonyl (C=O) groups is 2. The third kappa shape index (κ3) is 4.62. The fourth-order valence-corrected chi connectivity index (χ4v) is 3.50. The van der Waals surface area contributed by atoms with E-state index in [1.54, 1.807) is 12.0 Å². The maximum Gasteiger partial charge on any atom is 0.414 e. The van der Waals surface area contributed by atoms with Crippen LogP contribution in [0.25, 0.3) is 10.8 Å². The molecule has 2 aromatic carbocycles. The van der Waals surface area contributed by atoms with Gasteiger partial charge in [-0.2, -0.15) is 0 Å². The molecule has 0 fully saturated rings. The first-order chi connectivity index (χ1) is 13.7. The van der Waals surface area contributed by atoms with Crippen LogP contribution < -0.4 is 9.64 Å². The maximum atomic E-state index is 12.9. The van der Waals surface area contributed by atoms with Crippen LogP contribution in [0.15, 0.2) is 30.3 Å². The molecule has 0 spiro atoms. The molecule has 0 aliphatic carbocycles. The number of methoxy groups -OCH3 is 1. The number of esters is 1. The molecule has 0 unspecified atom stereocenters. The molecular formula is C22H27NO6. The lowest BCUT2D eigenvalue weighted by molar-refractivity contribution is -0.141. The van der Waals surface area contributed by atoms with Gasteiger partial charge in [0.2, 0.25) is 0 Å². The van der Waals surface area contributed by atoms with Crippen LogP contribution in [0.3, 0.4) is 0 Å². The average Bonchev–Trinajstić information content (AvgIpc) is 3.02. The van der Waals surface area contributed by atoms with Crippen molar-refractivity contribution < 1.29 is 28.5 Å². The first-order valence-electron chi connectivity index (χ1n) is 9.52. The average molecular weight is 401 g/mol. The second-order valence-electron chi connectivity index (χ2n) is 7.99. The maximum absolute atomic E-state index is 12.9. The Morgan fingerprint density at radius 2 is 1.86 bits per heavy atom. The van der Waals surface area contributed by atoms with Crippen molar-refractivity contribution in [1.29, 1.82) is 0 Å². The smallest absolute Gasteiger partial charge is 0.414 e. The molecule has 1 aliphatic rings. The summed E-state index contributed by atoms with van der Waals surface area (Å²) in [6.07, 6.45) is -0.447. The molecular weight excluding hydrogens is 374 g/mol. The number of carbonyl (C=O) groups excluding carboxylic acids is 2. The predicted octanol–water partition coefficient (Wildman–Crippen LogP) is 4.22. The van der Waals surface area contributed by atoms with E-state index in [1.165, 1.54) is 6.92 Å². The zero-order valence-electron chi connectivity index (χ0n) is 17.5. The van der Waals surface area contributed by atoms with Gasteiger partial charge in [0.25, 0.3) is 0 Å². The molecule has 29 heavy (non-hydrogen) atoms. The lowest BCUT2D eigenvalue weighted by Gasteiger charge is -2.25. The molecule has 2 aromatic rings. The fraction of sp³-hybridized carbons (Fsp3) is 0.455. The lowest BCUT2D eigenvalue weighted by atomic mass is 9.95. The van der Waals surface area contributed by atoms with E-state index < -0.39 is 11.7 Å². The first-order valence-corrected chi connectivity index (χ1v) is 9.52. The van der Waals surface area contributed by atoms with Gasteiger partial charge in [0.05, 0.1) is 12.3 Å². The van der Waals surface area contributed by atoms with Crippen molar-refractivity contribution in [2.24, 2.45) is 0 Å². The predicted molar refractivity (Wildman–Crippen MR) is 109 cm³/mol. The molecule has 0 aromatic heterocycles. The SMILES string of the molecule is COCOc1cc2c(c3ccccc13)[C@H](COC(C)=O)CN2C(=O)OC(C)(C)C. The topological polar surface area (TPSA) is 74.3 Å². The summed E-state index contributed by atoms with van der Waals surface area (Å²) in [6.45, 7) is 7.48. The summed E-state index contributed by atoms with van der Waals surface area (Å²) in [6, 6.07) is 9.62. The Labute approximate surface area is 170 Å². The van der Waals surface area contributed by atoms with Crippen LogP contribution in [-0.2, 0) is 19.0 Å². The number of amides is 1. The van der Waals surface area contributed by atoms with Crippen LogP contribution in [-0.4, -0.2) is 44.7 Å². The van der Waals surface area contributed by atoms with Crippen LogP contribution in [0.5, 0.6) is 5.75 Å². The van der Waals surface area contributed by atoms with Crippen molar-refractivity contribution in [2.75, 3.05) is 32.0 Å². The molecule has 0 saturated heterocycles. The van der Waals surface area contributed by atoms with E-state index >= 15 is 0 Å². The van der Waals surface area contributed by atoms with Crippen molar-refractivity contribution in [3.63, 3.8) is 0 Å². The van der Waals surface area contributed by atoms with Gasteiger partial charge in [-0.3, -0.25) is 9.69 Å². The number of nitrogens with zero attached hydrogens (tertiary/aromatic N) is 1. The van der Waals surface area contributed by atoms with Gasteiger partial charge in [0, 0.05) is 37.9 Å². The second kappa shape index (κ2) is 8.29. The highest BCUT2D eigenvalue weighted by Gasteiger charge is 2.37. The van der Waals surface area contributed by atoms with Crippen molar-refractivity contribution in [3.8, 4) is 5.75 Å². The number of benzene rings is 2. The minimum absolute atomic E-state index is 0.0894. The lowest BCUT2D eigenvalue weighted by Crippen LogP contribution is -2.36. The van der Waals surface area contributed by atoms with E-state index in [1.807, 2.05) is 51.1 Å². The Balaban J connectivity index is 2.11. The summed E-state index contributed by atoms with van der Waals surface area (Å²) in [5.74, 6) is 0.0947. The molecule has 7 heteroatoms. The van der Waals surface area contributed by atoms with E-state index in [-0.39, 0.29) is 25.3 Å². The molecule has 1 atom stereocenters. The van der Waals surface area contributed by atoms with Gasteiger partial charge in [-0.15, -0.1) is 0 Å². The van der Waals surface area contributed by atoms with Crippen LogP contribution in [0.1, 0.15) is 39.2 Å². The molecule has 1 heterocycles. The Morgan fingerprint density at radius 3 is 2.48 bits per heavy atom. The zero-order valence-corrected chi connectivity index (χ0v) is 17.5. The van der Waals surface area contributed by atoms with Crippen molar-refractivity contribution in [1.82, 2.24) is 0 Å². The molecule has 1 aliphatic heterocycles. The van der Waals surface area contributed by atoms with Crippen molar-refractivity contribution >= 4 is 28.5 Å². The van der Waals surface area contributed by atoms with Crippen LogP contribution >= 0.6 is 0 Å². The summed E-state index contributed by atoms with van der Waals surface area (Å²) in [7, 11) is 1.55. The van der Waals surface area contributed by atoms with Crippen LogP contribution in [0.4, 0.5) is 10.5 Å². The first kappa shape index (κ1) is 20.9. The quantitative estimate of drug-likeness (QED) is 0.552. The molecule has 1 amide bonds. The second-order valence-corrected chi connectivity index (χ2v) is 7.99. The monoisotopic (exact) mass is 401 g/mol. The normalized spacial score (nSPS) is 15.9. The molecule has 0 N–H and O–H groups in total. The molecule has 7 nitrogen and oxygen atoms in total. The number of anilines is 1. The Bertz CT molecular complexity index is 917. The summed E-state index contributed by atoms with van der Waals surface area (Å²) < 4.78 is 21.7. The van der Waals surface area contributed by atoms with Gasteiger partial charge in [-0.1, -0.05) is 24.3 Å². The van der Waals surface area contributed by atoms with E-state index in [0.29, 0.717) is 18.0 Å². The standard InChI is InChI=1S/C22H27NO6/c1-14(24)27-12-15-11-23(21(25)29-22(2,3)4)18-10-19(28-13-26-5)16-8-6-7-9-17(16)20(15)18/h6-10,15H,11-13H2,1-5H3/t15-/m0/s1. The molecule has 0 saturated carbocycles. The summed E-state index contributed by atoms with van der Waals surface area (Å²) >= 11 is 0. The number of hydrogen-bond acceptors (Lipinski definition) is 6. The van der Waals surface area contributed by atoms with Crippen LogP contribution in [0.2, 0.25) is 0 Å². The van der Waals surface area contributed by atoms with Gasteiger partial charge < -0.3 is 18.9 Å². The summed E-state index contributed by atoms with van der Waals surface area (Å²) in [5, 5.41) is 1.85. The minimum Gasteiger partial charge on any atom is -0.467 e. The number of hydrogen-bond donors (Lipinski definition) is 0. The van der Waals surface area contributed by atoms with Gasteiger partial charge in [-0.05, 0) is 31.7 Å². The van der Waals surface area contributed by atoms with Crippen molar-refractivity contribution in [2.45, 2.75) is 39.2 Å². The molecule has 3 rings (SSSR count). The molecule has 0 bridgehead atoms. The van der Waals surface area contributed by atoms with Crippen LogP contribution in [0, 0.1) is 0 Å². The summed E-state index contributed by atoms with van der Waals surface area (Å²) in [4.78, 5) is 25.9. The summed E-state index contributed by atoms with van der Waals surface area (Å²) in [5.41, 5.74) is 1.01. The Morgan fingerprint density at radius 1 is 1.17 bits per heavy atom. The highest BCUT2D eigenvalue weighted by atomic mass is 16.7. The number of ether oxygens (including phenoxy) is 4. The fourth-order valence-electron chi connectivity index (χ4n) is 3.50. The number of rotatable bonds is 5. The van der Waals surface area contributed by atoms with Gasteiger partial charge in [0.15, 0.2) is 6.79 Å². The zero-order chi connectivity index (χ0) is 21.2. The van der Waals surface area contributed by atoms with E-state index in [2.05, 4.69) is 0 Å². The number of fused-ring (bicyclic) bond motifs is 3. The van der Waals surface area contributed by atoms with Crippen molar-refractivity contribution in [3.05, 3.63) is 35.9 Å². The highest BCUT2D eigenvalue weighted by molar-refractivity contribution is 6.02. The largest absolute Gasteiger partial charge is 0.467 e. The third-order valence-electron chi connectivity index (χ3n) is 4.56. The van der Waals surface area contributed by atoms with E-state index in [4.69, 9.17) is 18.9 Å². The van der Waals surface area contributed by atoms with Gasteiger partial charge >= 0.3 is 12.1 Å². The van der Waals surface area contributed by atoms with E-state index in [9.17, 15) is 9.59 Å². The van der Waals surface area contributed by atoms with Gasteiger partial charge in [-0.25, -0.2) is 4.79 Å². The Kier molecular flexibility index (Phi) is 5.98.